The first kappa shape index (κ1) is 10.4. The third-order valence-corrected chi connectivity index (χ3v) is 3.02. The van der Waals surface area contributed by atoms with Crippen LogP contribution >= 0.6 is 0 Å². The second kappa shape index (κ2) is 3.94. The van der Waals surface area contributed by atoms with Gasteiger partial charge in [0.2, 0.25) is 0 Å². The molecule has 1 aromatic heterocycles. The van der Waals surface area contributed by atoms with Gasteiger partial charge in [-0.2, -0.15) is 5.26 Å². The van der Waals surface area contributed by atoms with Crippen molar-refractivity contribution in [1.82, 2.24) is 4.98 Å². The van der Waals surface area contributed by atoms with Gasteiger partial charge in [0, 0.05) is 22.7 Å². The number of aromatic amines is 1. The van der Waals surface area contributed by atoms with E-state index in [0.29, 0.717) is 0 Å². The molecule has 2 N–H and O–H groups in total. The van der Waals surface area contributed by atoms with Crippen molar-refractivity contribution in [1.29, 1.82) is 5.26 Å². The fourth-order valence-electron chi connectivity index (χ4n) is 2.10. The molecule has 0 radical (unpaired) electrons. The zero-order chi connectivity index (χ0) is 12.5. The first-order valence-corrected chi connectivity index (χ1v) is 5.59. The van der Waals surface area contributed by atoms with Crippen molar-refractivity contribution in [2.45, 2.75) is 0 Å². The molecule has 0 bridgehead atoms. The average Bonchev–Trinajstić information content (AvgIpc) is 2.83. The summed E-state index contributed by atoms with van der Waals surface area (Å²) in [6.45, 7) is 0. The molecule has 0 atom stereocenters. The highest BCUT2D eigenvalue weighted by atomic mass is 16.3. The summed E-state index contributed by atoms with van der Waals surface area (Å²) in [5, 5.41) is 19.6. The molecule has 0 saturated carbocycles. The van der Waals surface area contributed by atoms with Crippen molar-refractivity contribution in [2.24, 2.45) is 0 Å². The molecule has 0 aliphatic carbocycles. The number of hydrogen-bond acceptors (Lipinski definition) is 2. The predicted molar refractivity (Wildman–Crippen MR) is 70.1 cm³/mol. The topological polar surface area (TPSA) is 59.8 Å². The molecular weight excluding hydrogens is 224 g/mol. The van der Waals surface area contributed by atoms with Gasteiger partial charge in [-0.3, -0.25) is 0 Å². The maximum atomic E-state index is 9.52. The Morgan fingerprint density at radius 1 is 1.11 bits per heavy atom. The molecule has 86 valence electrons. The molecule has 0 spiro atoms. The summed E-state index contributed by atoms with van der Waals surface area (Å²) in [5.74, 6) is 0.0149. The van der Waals surface area contributed by atoms with Gasteiger partial charge in [-0.25, -0.2) is 0 Å². The maximum Gasteiger partial charge on any atom is 0.133 e. The van der Waals surface area contributed by atoms with Gasteiger partial charge in [-0.15, -0.1) is 0 Å². The van der Waals surface area contributed by atoms with Crippen LogP contribution in [0.1, 0.15) is 5.56 Å². The number of fused-ring (bicyclic) bond motifs is 1. The summed E-state index contributed by atoms with van der Waals surface area (Å²) in [6, 6.07) is 15.0. The van der Waals surface area contributed by atoms with Crippen molar-refractivity contribution in [2.75, 3.05) is 0 Å². The van der Waals surface area contributed by atoms with E-state index in [4.69, 9.17) is 5.26 Å². The Kier molecular flexibility index (Phi) is 2.28. The van der Waals surface area contributed by atoms with Crippen molar-refractivity contribution < 1.29 is 5.11 Å². The van der Waals surface area contributed by atoms with E-state index in [2.05, 4.69) is 4.98 Å². The van der Waals surface area contributed by atoms with E-state index in [1.165, 1.54) is 0 Å². The molecule has 0 amide bonds. The highest BCUT2D eigenvalue weighted by molar-refractivity contribution is 5.95. The summed E-state index contributed by atoms with van der Waals surface area (Å²) in [7, 11) is 0. The van der Waals surface area contributed by atoms with Crippen LogP contribution < -0.4 is 0 Å². The highest BCUT2D eigenvalue weighted by Crippen LogP contribution is 2.31. The Bertz CT molecular complexity index is 766. The van der Waals surface area contributed by atoms with Crippen molar-refractivity contribution in [3.63, 3.8) is 0 Å². The molecule has 3 rings (SSSR count). The third kappa shape index (κ3) is 1.52. The molecule has 3 heteroatoms. The van der Waals surface area contributed by atoms with E-state index in [-0.39, 0.29) is 11.3 Å². The molecule has 1 heterocycles. The Balaban J connectivity index is 2.24. The van der Waals surface area contributed by atoms with Gasteiger partial charge < -0.3 is 10.1 Å². The van der Waals surface area contributed by atoms with Crippen LogP contribution in [0.4, 0.5) is 0 Å². The summed E-state index contributed by atoms with van der Waals surface area (Å²) in [4.78, 5) is 3.19. The second-order valence-electron chi connectivity index (χ2n) is 4.09. The lowest BCUT2D eigenvalue weighted by Gasteiger charge is -2.02. The predicted octanol–water partition coefficient (Wildman–Crippen LogP) is 3.41. The number of nitrogens with zero attached hydrogens (tertiary/aromatic N) is 1. The second-order valence-corrected chi connectivity index (χ2v) is 4.09. The summed E-state index contributed by atoms with van der Waals surface area (Å²) < 4.78 is 0. The molecule has 2 aromatic carbocycles. The van der Waals surface area contributed by atoms with E-state index < -0.39 is 0 Å². The van der Waals surface area contributed by atoms with Crippen LogP contribution in [0.15, 0.2) is 48.7 Å². The number of hydrogen-bond donors (Lipinski definition) is 2. The Morgan fingerprint density at radius 3 is 2.78 bits per heavy atom. The van der Waals surface area contributed by atoms with Crippen LogP contribution in [0.2, 0.25) is 0 Å². The number of benzene rings is 2. The van der Waals surface area contributed by atoms with Crippen LogP contribution in [0.3, 0.4) is 0 Å². The highest BCUT2D eigenvalue weighted by Gasteiger charge is 2.08. The minimum absolute atomic E-state index is 0.0149. The number of H-pyrrole nitrogens is 1. The SMILES string of the molecule is N#Cc1cc(-c2c[nH]c3ccccc23)ccc1O. The summed E-state index contributed by atoms with van der Waals surface area (Å²) in [5.41, 5.74) is 3.29. The maximum absolute atomic E-state index is 9.52. The number of aromatic hydroxyl groups is 1. The van der Waals surface area contributed by atoms with Crippen LogP contribution in [0.25, 0.3) is 22.0 Å². The van der Waals surface area contributed by atoms with E-state index in [9.17, 15) is 5.11 Å². The summed E-state index contributed by atoms with van der Waals surface area (Å²) >= 11 is 0. The van der Waals surface area contributed by atoms with Gasteiger partial charge in [-0.1, -0.05) is 24.3 Å². The van der Waals surface area contributed by atoms with Crippen molar-refractivity contribution in [3.05, 3.63) is 54.2 Å². The standard InChI is InChI=1S/C15H10N2O/c16-8-11-7-10(5-6-15(11)18)13-9-17-14-4-2-1-3-12(13)14/h1-7,9,17-18H. The zero-order valence-corrected chi connectivity index (χ0v) is 9.51. The molecular formula is C15H10N2O. The largest absolute Gasteiger partial charge is 0.507 e. The molecule has 0 aliphatic heterocycles. The molecule has 0 saturated heterocycles. The van der Waals surface area contributed by atoms with Gasteiger partial charge in [0.1, 0.15) is 11.8 Å². The van der Waals surface area contributed by atoms with Crippen LogP contribution in [-0.2, 0) is 0 Å². The van der Waals surface area contributed by atoms with Gasteiger partial charge in [-0.05, 0) is 23.8 Å². The van der Waals surface area contributed by atoms with Crippen molar-refractivity contribution >= 4 is 10.9 Å². The van der Waals surface area contributed by atoms with Gasteiger partial charge in [0.15, 0.2) is 0 Å². The van der Waals surface area contributed by atoms with Crippen molar-refractivity contribution in [3.8, 4) is 22.9 Å². The molecule has 0 aliphatic rings. The van der Waals surface area contributed by atoms with Gasteiger partial charge in [0.25, 0.3) is 0 Å². The molecule has 3 aromatic rings. The summed E-state index contributed by atoms with van der Waals surface area (Å²) in [6.07, 6.45) is 1.91. The molecule has 0 unspecified atom stereocenters. The first-order valence-electron chi connectivity index (χ1n) is 5.59. The Morgan fingerprint density at radius 2 is 1.94 bits per heavy atom. The quantitative estimate of drug-likeness (QED) is 0.677. The minimum Gasteiger partial charge on any atom is -0.507 e. The van der Waals surface area contributed by atoms with Crippen LogP contribution in [0, 0.1) is 11.3 Å². The lowest BCUT2D eigenvalue weighted by Crippen LogP contribution is -1.80. The van der Waals surface area contributed by atoms with Gasteiger partial charge >= 0.3 is 0 Å². The fraction of sp³-hybridized carbons (Fsp3) is 0. The molecule has 18 heavy (non-hydrogen) atoms. The number of phenols is 1. The van der Waals surface area contributed by atoms with E-state index in [1.54, 1.807) is 12.1 Å². The number of rotatable bonds is 1. The van der Waals surface area contributed by atoms with Crippen LogP contribution in [0.5, 0.6) is 5.75 Å². The monoisotopic (exact) mass is 234 g/mol. The van der Waals surface area contributed by atoms with E-state index in [1.807, 2.05) is 42.6 Å². The Hall–Kier alpha value is -2.73. The molecule has 0 fully saturated rings. The average molecular weight is 234 g/mol. The number of aromatic nitrogens is 1. The fourth-order valence-corrected chi connectivity index (χ4v) is 2.10. The minimum atomic E-state index is 0.0149. The number of nitriles is 1. The van der Waals surface area contributed by atoms with Gasteiger partial charge in [0.05, 0.1) is 5.56 Å². The van der Waals surface area contributed by atoms with Crippen LogP contribution in [-0.4, -0.2) is 10.1 Å². The lowest BCUT2D eigenvalue weighted by molar-refractivity contribution is 0.473. The number of para-hydroxylation sites is 1. The zero-order valence-electron chi connectivity index (χ0n) is 9.51. The number of phenolic OH excluding ortho intramolecular Hbond substituents is 1. The smallest absolute Gasteiger partial charge is 0.133 e. The number of nitrogens with one attached hydrogen (secondary N) is 1. The van der Waals surface area contributed by atoms with E-state index >= 15 is 0 Å². The molecule has 3 nitrogen and oxygen atoms in total. The third-order valence-electron chi connectivity index (χ3n) is 3.02. The first-order chi connectivity index (χ1) is 8.79. The lowest BCUT2D eigenvalue weighted by atomic mass is 10.0. The van der Waals surface area contributed by atoms with E-state index in [0.717, 1.165) is 22.0 Å². The normalized spacial score (nSPS) is 10.4. The Labute approximate surface area is 104 Å².